The summed E-state index contributed by atoms with van der Waals surface area (Å²) in [5, 5.41) is 0. The molecule has 21 heavy (non-hydrogen) atoms. The summed E-state index contributed by atoms with van der Waals surface area (Å²) in [6.45, 7) is 5.77. The van der Waals surface area contributed by atoms with Crippen LogP contribution < -0.4 is 10.5 Å². The molecule has 0 saturated heterocycles. The lowest BCUT2D eigenvalue weighted by Crippen LogP contribution is -2.33. The molecule has 1 aromatic carbocycles. The lowest BCUT2D eigenvalue weighted by atomic mass is 10.1. The molecule has 0 heterocycles. The number of aryl methyl sites for hydroxylation is 1. The Bertz CT molecular complexity index is 600. The molecule has 118 valence electrons. The molecular weight excluding hydrogens is 324 g/mol. The van der Waals surface area contributed by atoms with E-state index in [9.17, 15) is 8.42 Å². The summed E-state index contributed by atoms with van der Waals surface area (Å²) in [5.74, 6) is 1.98. The van der Waals surface area contributed by atoms with Crippen LogP contribution in [0.25, 0.3) is 0 Å². The first kappa shape index (κ1) is 18.4. The van der Waals surface area contributed by atoms with Crippen molar-refractivity contribution in [2.75, 3.05) is 11.5 Å². The van der Waals surface area contributed by atoms with Crippen molar-refractivity contribution >= 4 is 39.0 Å². The lowest BCUT2D eigenvalue weighted by Gasteiger charge is -2.15. The molecule has 0 fully saturated rings. The highest BCUT2D eigenvalue weighted by molar-refractivity contribution is 7.99. The van der Waals surface area contributed by atoms with E-state index < -0.39 is 10.0 Å². The van der Waals surface area contributed by atoms with Gasteiger partial charge in [0.05, 0.1) is 4.90 Å². The van der Waals surface area contributed by atoms with E-state index in [1.54, 1.807) is 30.8 Å². The molecule has 0 amide bonds. The zero-order valence-electron chi connectivity index (χ0n) is 12.5. The van der Waals surface area contributed by atoms with Gasteiger partial charge in [0.25, 0.3) is 0 Å². The van der Waals surface area contributed by atoms with Crippen molar-refractivity contribution in [3.8, 4) is 0 Å². The minimum atomic E-state index is -3.50. The Labute approximate surface area is 136 Å². The zero-order chi connectivity index (χ0) is 16.0. The Balaban J connectivity index is 2.83. The molecule has 1 aromatic rings. The van der Waals surface area contributed by atoms with Crippen LogP contribution in [0.1, 0.15) is 31.4 Å². The summed E-state index contributed by atoms with van der Waals surface area (Å²) in [4.78, 5) is 0.518. The highest BCUT2D eigenvalue weighted by Crippen LogP contribution is 2.16. The Morgan fingerprint density at radius 3 is 2.67 bits per heavy atom. The highest BCUT2D eigenvalue weighted by Gasteiger charge is 2.18. The number of hydrogen-bond donors (Lipinski definition) is 2. The molecule has 0 bridgehead atoms. The predicted octanol–water partition coefficient (Wildman–Crippen LogP) is 2.44. The minimum Gasteiger partial charge on any atom is -0.389 e. The maximum absolute atomic E-state index is 12.3. The SMILES string of the molecule is CCSCCC(C)NS(=O)(=O)c1ccc(C(N)=S)c(C)c1. The van der Waals surface area contributed by atoms with Crippen LogP contribution in [-0.4, -0.2) is 31.0 Å². The molecule has 4 nitrogen and oxygen atoms in total. The van der Waals surface area contributed by atoms with Crippen molar-refractivity contribution in [3.63, 3.8) is 0 Å². The summed E-state index contributed by atoms with van der Waals surface area (Å²) >= 11 is 6.73. The van der Waals surface area contributed by atoms with E-state index in [2.05, 4.69) is 11.6 Å². The normalized spacial score (nSPS) is 13.1. The first-order valence-electron chi connectivity index (χ1n) is 6.78. The van der Waals surface area contributed by atoms with E-state index in [1.165, 1.54) is 6.07 Å². The van der Waals surface area contributed by atoms with Gasteiger partial charge in [-0.05, 0) is 49.5 Å². The molecule has 0 aliphatic carbocycles. The number of nitrogens with two attached hydrogens (primary N) is 1. The molecule has 1 unspecified atom stereocenters. The van der Waals surface area contributed by atoms with Gasteiger partial charge in [0.2, 0.25) is 10.0 Å². The van der Waals surface area contributed by atoms with Crippen molar-refractivity contribution < 1.29 is 8.42 Å². The van der Waals surface area contributed by atoms with Crippen LogP contribution in [0.15, 0.2) is 23.1 Å². The van der Waals surface area contributed by atoms with Crippen molar-refractivity contribution in [1.82, 2.24) is 4.72 Å². The van der Waals surface area contributed by atoms with Crippen LogP contribution in [0.4, 0.5) is 0 Å². The summed E-state index contributed by atoms with van der Waals surface area (Å²) < 4.78 is 27.4. The molecule has 0 aromatic heterocycles. The molecule has 1 atom stereocenters. The van der Waals surface area contributed by atoms with Gasteiger partial charge in [-0.3, -0.25) is 0 Å². The van der Waals surface area contributed by atoms with Crippen molar-refractivity contribution in [1.29, 1.82) is 0 Å². The van der Waals surface area contributed by atoms with Gasteiger partial charge in [0.15, 0.2) is 0 Å². The van der Waals surface area contributed by atoms with Gasteiger partial charge in [-0.25, -0.2) is 13.1 Å². The smallest absolute Gasteiger partial charge is 0.240 e. The minimum absolute atomic E-state index is 0.0929. The fourth-order valence-electron chi connectivity index (χ4n) is 1.88. The van der Waals surface area contributed by atoms with E-state index in [-0.39, 0.29) is 15.9 Å². The highest BCUT2D eigenvalue weighted by atomic mass is 32.2. The van der Waals surface area contributed by atoms with E-state index in [4.69, 9.17) is 18.0 Å². The van der Waals surface area contributed by atoms with E-state index >= 15 is 0 Å². The zero-order valence-corrected chi connectivity index (χ0v) is 15.0. The van der Waals surface area contributed by atoms with E-state index in [1.807, 2.05) is 6.92 Å². The largest absolute Gasteiger partial charge is 0.389 e. The van der Waals surface area contributed by atoms with Crippen LogP contribution in [0, 0.1) is 6.92 Å². The standard InChI is InChI=1S/C14H22N2O2S3/c1-4-20-8-7-11(3)16-21(17,18)12-5-6-13(14(15)19)10(2)9-12/h5-6,9,11,16H,4,7-8H2,1-3H3,(H2,15,19). The molecule has 0 radical (unpaired) electrons. The third-order valence-electron chi connectivity index (χ3n) is 3.03. The van der Waals surface area contributed by atoms with Gasteiger partial charge in [-0.1, -0.05) is 25.2 Å². The average Bonchev–Trinajstić information content (AvgIpc) is 2.37. The van der Waals surface area contributed by atoms with Gasteiger partial charge < -0.3 is 5.73 Å². The first-order valence-corrected chi connectivity index (χ1v) is 9.83. The number of thiocarbonyl (C=S) groups is 1. The quantitative estimate of drug-likeness (QED) is 0.559. The predicted molar refractivity (Wildman–Crippen MR) is 94.5 cm³/mol. The lowest BCUT2D eigenvalue weighted by molar-refractivity contribution is 0.557. The molecule has 0 aliphatic heterocycles. The third-order valence-corrected chi connectivity index (χ3v) is 5.77. The van der Waals surface area contributed by atoms with Gasteiger partial charge in [-0.2, -0.15) is 11.8 Å². The summed E-state index contributed by atoms with van der Waals surface area (Å²) in [7, 11) is -3.50. The molecular formula is C14H22N2O2S3. The van der Waals surface area contributed by atoms with Gasteiger partial charge in [0.1, 0.15) is 4.99 Å². The Kier molecular flexibility index (Phi) is 7.12. The number of rotatable bonds is 8. The summed E-state index contributed by atoms with van der Waals surface area (Å²) in [6, 6.07) is 4.70. The molecule has 7 heteroatoms. The molecule has 0 aliphatic rings. The molecule has 0 spiro atoms. The fraction of sp³-hybridized carbons (Fsp3) is 0.500. The van der Waals surface area contributed by atoms with E-state index in [0.717, 1.165) is 23.5 Å². The Morgan fingerprint density at radius 2 is 2.14 bits per heavy atom. The first-order chi connectivity index (χ1) is 9.77. The van der Waals surface area contributed by atoms with Crippen molar-refractivity contribution in [2.24, 2.45) is 5.73 Å². The summed E-state index contributed by atoms with van der Waals surface area (Å²) in [6.07, 6.45) is 0.807. The number of sulfonamides is 1. The molecule has 0 saturated carbocycles. The topological polar surface area (TPSA) is 72.2 Å². The molecule has 1 rings (SSSR count). The second-order valence-electron chi connectivity index (χ2n) is 4.85. The van der Waals surface area contributed by atoms with Crippen LogP contribution in [0.2, 0.25) is 0 Å². The second-order valence-corrected chi connectivity index (χ2v) is 8.40. The Morgan fingerprint density at radius 1 is 1.48 bits per heavy atom. The average molecular weight is 347 g/mol. The fourth-order valence-corrected chi connectivity index (χ4v) is 4.28. The maximum Gasteiger partial charge on any atom is 0.240 e. The number of benzene rings is 1. The van der Waals surface area contributed by atoms with Crippen LogP contribution in [0.5, 0.6) is 0 Å². The third kappa shape index (κ3) is 5.58. The second kappa shape index (κ2) is 8.12. The van der Waals surface area contributed by atoms with Crippen molar-refractivity contribution in [2.45, 2.75) is 38.1 Å². The van der Waals surface area contributed by atoms with Crippen LogP contribution in [-0.2, 0) is 10.0 Å². The Hall–Kier alpha value is -0.630. The van der Waals surface area contributed by atoms with Crippen molar-refractivity contribution in [3.05, 3.63) is 29.3 Å². The monoisotopic (exact) mass is 346 g/mol. The number of thioether (sulfide) groups is 1. The van der Waals surface area contributed by atoms with Gasteiger partial charge in [0, 0.05) is 11.6 Å². The van der Waals surface area contributed by atoms with Crippen LogP contribution >= 0.6 is 24.0 Å². The number of nitrogens with one attached hydrogen (secondary N) is 1. The van der Waals surface area contributed by atoms with E-state index in [0.29, 0.717) is 5.56 Å². The number of hydrogen-bond acceptors (Lipinski definition) is 4. The van der Waals surface area contributed by atoms with Gasteiger partial charge in [-0.15, -0.1) is 0 Å². The van der Waals surface area contributed by atoms with Gasteiger partial charge >= 0.3 is 0 Å². The molecule has 3 N–H and O–H groups in total. The maximum atomic E-state index is 12.3. The summed E-state index contributed by atoms with van der Waals surface area (Å²) in [5.41, 5.74) is 7.05. The van der Waals surface area contributed by atoms with Crippen LogP contribution in [0.3, 0.4) is 0 Å².